The van der Waals surface area contributed by atoms with Crippen molar-refractivity contribution in [1.82, 2.24) is 4.90 Å². The van der Waals surface area contributed by atoms with Gasteiger partial charge in [-0.3, -0.25) is 19.3 Å². The number of hydrogen-bond donors (Lipinski definition) is 0. The summed E-state index contributed by atoms with van der Waals surface area (Å²) in [6.07, 6.45) is 1.76. The number of imide groups is 1. The van der Waals surface area contributed by atoms with Gasteiger partial charge in [0.05, 0.1) is 17.5 Å². The van der Waals surface area contributed by atoms with E-state index in [4.69, 9.17) is 0 Å². The summed E-state index contributed by atoms with van der Waals surface area (Å²) in [4.78, 5) is 47.0. The first-order valence-corrected chi connectivity index (χ1v) is 11.6. The van der Waals surface area contributed by atoms with E-state index in [-0.39, 0.29) is 23.8 Å². The molecular weight excluding hydrogens is 458 g/mol. The van der Waals surface area contributed by atoms with Crippen LogP contribution in [0.15, 0.2) is 53.0 Å². The van der Waals surface area contributed by atoms with E-state index in [1.165, 1.54) is 4.90 Å². The number of benzene rings is 2. The summed E-state index contributed by atoms with van der Waals surface area (Å²) >= 11 is 3.45. The molecule has 0 aliphatic carbocycles. The lowest BCUT2D eigenvalue weighted by atomic mass is 9.75. The summed E-state index contributed by atoms with van der Waals surface area (Å²) in [5.74, 6) is -1.70. The summed E-state index contributed by atoms with van der Waals surface area (Å²) in [7, 11) is 0. The van der Waals surface area contributed by atoms with E-state index < -0.39 is 17.4 Å². The molecule has 6 rings (SSSR count). The third-order valence-electron chi connectivity index (χ3n) is 7.53. The fourth-order valence-corrected chi connectivity index (χ4v) is 6.91. The highest BCUT2D eigenvalue weighted by Gasteiger charge is 2.75. The van der Waals surface area contributed by atoms with Crippen LogP contribution in [0.25, 0.3) is 0 Å². The van der Waals surface area contributed by atoms with Crippen molar-refractivity contribution in [2.24, 2.45) is 11.8 Å². The molecule has 0 bridgehead atoms. The maximum Gasteiger partial charge on any atom is 0.253 e. The molecule has 3 amide bonds. The highest BCUT2D eigenvalue weighted by molar-refractivity contribution is 9.10. The number of carbonyl (C=O) groups excluding carboxylic acids is 3. The number of para-hydroxylation sites is 1. The molecule has 7 heteroatoms. The van der Waals surface area contributed by atoms with Crippen LogP contribution in [0, 0.1) is 11.8 Å². The van der Waals surface area contributed by atoms with Crippen LogP contribution in [0.1, 0.15) is 25.3 Å². The average Bonchev–Trinajstić information content (AvgIpc) is 3.45. The molecule has 3 saturated heterocycles. The van der Waals surface area contributed by atoms with Gasteiger partial charge in [-0.1, -0.05) is 40.2 Å². The van der Waals surface area contributed by atoms with Crippen molar-refractivity contribution in [1.29, 1.82) is 0 Å². The first kappa shape index (κ1) is 19.2. The molecule has 2 aromatic carbocycles. The second kappa shape index (κ2) is 6.50. The number of carbonyl (C=O) groups is 3. The van der Waals surface area contributed by atoms with Gasteiger partial charge in [-0.05, 0) is 50.6 Å². The van der Waals surface area contributed by atoms with Gasteiger partial charge in [-0.25, -0.2) is 4.90 Å². The van der Waals surface area contributed by atoms with Crippen molar-refractivity contribution in [3.05, 3.63) is 58.6 Å². The van der Waals surface area contributed by atoms with Gasteiger partial charge in [-0.15, -0.1) is 0 Å². The molecule has 1 spiro atoms. The summed E-state index contributed by atoms with van der Waals surface area (Å²) in [5.41, 5.74) is 1.21. The predicted molar refractivity (Wildman–Crippen MR) is 119 cm³/mol. The molecule has 3 fully saturated rings. The van der Waals surface area contributed by atoms with E-state index in [0.29, 0.717) is 12.2 Å². The molecule has 0 unspecified atom stereocenters. The lowest BCUT2D eigenvalue weighted by Gasteiger charge is -2.37. The van der Waals surface area contributed by atoms with Gasteiger partial charge >= 0.3 is 0 Å². The summed E-state index contributed by atoms with van der Waals surface area (Å²) < 4.78 is 0.805. The van der Waals surface area contributed by atoms with E-state index in [1.807, 2.05) is 43.3 Å². The van der Waals surface area contributed by atoms with E-state index in [1.54, 1.807) is 17.0 Å². The number of likely N-dealkylation sites (N-methyl/N-ethyl adjacent to an activating group) is 1. The van der Waals surface area contributed by atoms with Gasteiger partial charge in [0.1, 0.15) is 5.54 Å². The maximum absolute atomic E-state index is 14.0. The van der Waals surface area contributed by atoms with Crippen LogP contribution in [0.4, 0.5) is 11.4 Å². The zero-order valence-corrected chi connectivity index (χ0v) is 18.7. The first-order chi connectivity index (χ1) is 15.0. The van der Waals surface area contributed by atoms with Crippen molar-refractivity contribution in [2.75, 3.05) is 22.9 Å². The molecule has 6 nitrogen and oxygen atoms in total. The molecule has 4 aliphatic heterocycles. The molecule has 2 aromatic rings. The quantitative estimate of drug-likeness (QED) is 0.620. The molecule has 0 saturated carbocycles. The standard InChI is InChI=1S/C24H22BrN3O3/c1-2-26-17-10-4-3-9-16(17)24(23(26)31)20-19(18-11-6-12-27(18)24)21(29)28(22(20)30)15-8-5-7-14(25)13-15/h3-5,7-10,13,18-20H,2,6,11-12H2,1H3/t18-,19+,20-,24-/m0/s1. The normalized spacial score (nSPS) is 31.7. The summed E-state index contributed by atoms with van der Waals surface area (Å²) in [6.45, 7) is 3.22. The zero-order chi connectivity index (χ0) is 21.5. The van der Waals surface area contributed by atoms with E-state index in [2.05, 4.69) is 20.8 Å². The zero-order valence-electron chi connectivity index (χ0n) is 17.1. The van der Waals surface area contributed by atoms with Gasteiger partial charge in [0, 0.05) is 28.3 Å². The van der Waals surface area contributed by atoms with Crippen LogP contribution < -0.4 is 9.80 Å². The lowest BCUT2D eigenvalue weighted by molar-refractivity contribution is -0.137. The predicted octanol–water partition coefficient (Wildman–Crippen LogP) is 3.29. The van der Waals surface area contributed by atoms with Crippen LogP contribution in [0.2, 0.25) is 0 Å². The largest absolute Gasteiger partial charge is 0.310 e. The minimum Gasteiger partial charge on any atom is -0.310 e. The van der Waals surface area contributed by atoms with Gasteiger partial charge < -0.3 is 4.90 Å². The minimum absolute atomic E-state index is 0.0622. The smallest absolute Gasteiger partial charge is 0.253 e. The Morgan fingerprint density at radius 1 is 1.06 bits per heavy atom. The molecular formula is C24H22BrN3O3. The second-order valence-electron chi connectivity index (χ2n) is 8.73. The molecule has 158 valence electrons. The number of rotatable bonds is 2. The second-order valence-corrected chi connectivity index (χ2v) is 9.65. The van der Waals surface area contributed by atoms with Crippen LogP contribution in [0.5, 0.6) is 0 Å². The Morgan fingerprint density at radius 2 is 1.87 bits per heavy atom. The van der Waals surface area contributed by atoms with E-state index in [0.717, 1.165) is 35.1 Å². The Morgan fingerprint density at radius 3 is 2.65 bits per heavy atom. The minimum atomic E-state index is -1.09. The lowest BCUT2D eigenvalue weighted by Crippen LogP contribution is -2.56. The third kappa shape index (κ3) is 2.18. The third-order valence-corrected chi connectivity index (χ3v) is 8.02. The van der Waals surface area contributed by atoms with Crippen molar-refractivity contribution >= 4 is 45.0 Å². The number of hydrogen-bond acceptors (Lipinski definition) is 4. The highest BCUT2D eigenvalue weighted by atomic mass is 79.9. The average molecular weight is 480 g/mol. The van der Waals surface area contributed by atoms with Crippen LogP contribution >= 0.6 is 15.9 Å². The number of anilines is 2. The van der Waals surface area contributed by atoms with Gasteiger partial charge in [0.2, 0.25) is 11.8 Å². The highest BCUT2D eigenvalue weighted by Crippen LogP contribution is 2.61. The van der Waals surface area contributed by atoms with Crippen molar-refractivity contribution in [2.45, 2.75) is 31.3 Å². The van der Waals surface area contributed by atoms with Crippen LogP contribution in [-0.2, 0) is 19.9 Å². The Labute approximate surface area is 188 Å². The monoisotopic (exact) mass is 479 g/mol. The molecule has 31 heavy (non-hydrogen) atoms. The fraction of sp³-hybridized carbons (Fsp3) is 0.375. The van der Waals surface area contributed by atoms with Gasteiger partial charge in [0.25, 0.3) is 5.91 Å². The van der Waals surface area contributed by atoms with E-state index in [9.17, 15) is 14.4 Å². The number of fused-ring (bicyclic) bond motifs is 7. The Kier molecular flexibility index (Phi) is 4.02. The Bertz CT molecular complexity index is 1150. The topological polar surface area (TPSA) is 60.9 Å². The number of amides is 3. The number of nitrogens with zero attached hydrogens (tertiary/aromatic N) is 3. The van der Waals surface area contributed by atoms with Crippen LogP contribution in [0.3, 0.4) is 0 Å². The molecule has 4 aliphatic rings. The summed E-state index contributed by atoms with van der Waals surface area (Å²) in [6, 6.07) is 15.0. The van der Waals surface area contributed by atoms with Crippen LogP contribution in [-0.4, -0.2) is 41.8 Å². The fourth-order valence-electron chi connectivity index (χ4n) is 6.52. The van der Waals surface area contributed by atoms with Crippen molar-refractivity contribution in [3.8, 4) is 0 Å². The molecule has 0 aromatic heterocycles. The number of halogens is 1. The van der Waals surface area contributed by atoms with Gasteiger partial charge in [-0.2, -0.15) is 0 Å². The SMILES string of the molecule is CCN1C(=O)[C@]2(c3ccccc31)[C@@H]1C(=O)N(c3cccc(Br)c3)C(=O)[C@@H]1[C@@H]1CCCN12. The molecule has 0 N–H and O–H groups in total. The molecule has 4 heterocycles. The Balaban J connectivity index is 1.58. The first-order valence-electron chi connectivity index (χ1n) is 10.8. The van der Waals surface area contributed by atoms with Crippen molar-refractivity contribution < 1.29 is 14.4 Å². The van der Waals surface area contributed by atoms with Gasteiger partial charge in [0.15, 0.2) is 0 Å². The van der Waals surface area contributed by atoms with E-state index >= 15 is 0 Å². The summed E-state index contributed by atoms with van der Waals surface area (Å²) in [5, 5.41) is 0. The molecule has 4 atom stereocenters. The maximum atomic E-state index is 14.0. The van der Waals surface area contributed by atoms with Crippen molar-refractivity contribution in [3.63, 3.8) is 0 Å². The Hall–Kier alpha value is -2.51. The molecule has 0 radical (unpaired) electrons.